The van der Waals surface area contributed by atoms with Crippen LogP contribution in [-0.2, 0) is 0 Å². The molecular weight excluding hydrogens is 382 g/mol. The fourth-order valence-electron chi connectivity index (χ4n) is 3.13. The molecule has 2 heterocycles. The zero-order valence-electron chi connectivity index (χ0n) is 15.6. The maximum absolute atomic E-state index is 12.8. The van der Waals surface area contributed by atoms with Crippen LogP contribution in [0, 0.1) is 0 Å². The summed E-state index contributed by atoms with van der Waals surface area (Å²) < 4.78 is 0. The van der Waals surface area contributed by atoms with Crippen LogP contribution in [0.2, 0.25) is 0 Å². The third-order valence-corrected chi connectivity index (χ3v) is 5.54. The molecule has 0 spiro atoms. The number of nitrogens with zero attached hydrogens (tertiary/aromatic N) is 1. The van der Waals surface area contributed by atoms with Crippen molar-refractivity contribution in [2.45, 2.75) is 38.6 Å². The van der Waals surface area contributed by atoms with E-state index in [4.69, 9.17) is 5.73 Å². The molecule has 1 aliphatic rings. The molecule has 1 aromatic carbocycles. The molecule has 1 atom stereocenters. The Hall–Kier alpha value is -1.89. The quantitative estimate of drug-likeness (QED) is 0.800. The molecule has 2 aromatic rings. The maximum atomic E-state index is 12.8. The number of amides is 2. The molecule has 1 aromatic heterocycles. The number of halogens is 1. The molecule has 1 saturated heterocycles. The highest BCUT2D eigenvalue weighted by Crippen LogP contribution is 2.26. The molecule has 0 radical (unpaired) electrons. The largest absolute Gasteiger partial charge is 0.337 e. The number of nitrogens with two attached hydrogens (primary N) is 1. The summed E-state index contributed by atoms with van der Waals surface area (Å²) in [6.07, 6.45) is 1.87. The van der Waals surface area contributed by atoms with Gasteiger partial charge in [0, 0.05) is 24.7 Å². The molecule has 7 heteroatoms. The number of likely N-dealkylation sites (tertiary alicyclic amines) is 1. The Bertz CT molecular complexity index is 789. The number of rotatable bonds is 4. The average molecular weight is 408 g/mol. The summed E-state index contributed by atoms with van der Waals surface area (Å²) in [6.45, 7) is 5.52. The van der Waals surface area contributed by atoms with Gasteiger partial charge in [0.1, 0.15) is 5.00 Å². The Balaban J connectivity index is 0.00000261. The predicted molar refractivity (Wildman–Crippen MR) is 113 cm³/mol. The Labute approximate surface area is 170 Å². The van der Waals surface area contributed by atoms with Gasteiger partial charge in [0.2, 0.25) is 0 Å². The molecule has 3 N–H and O–H groups in total. The van der Waals surface area contributed by atoms with Gasteiger partial charge in [-0.15, -0.1) is 23.7 Å². The van der Waals surface area contributed by atoms with E-state index in [1.165, 1.54) is 16.9 Å². The Kier molecular flexibility index (Phi) is 7.41. The second kappa shape index (κ2) is 9.35. The molecule has 0 bridgehead atoms. The van der Waals surface area contributed by atoms with Crippen molar-refractivity contribution in [3.05, 3.63) is 52.4 Å². The maximum Gasteiger partial charge on any atom is 0.256 e. The lowest BCUT2D eigenvalue weighted by Crippen LogP contribution is -2.45. The molecule has 2 amide bonds. The number of benzene rings is 1. The molecule has 27 heavy (non-hydrogen) atoms. The summed E-state index contributed by atoms with van der Waals surface area (Å²) in [5.41, 5.74) is 8.30. The summed E-state index contributed by atoms with van der Waals surface area (Å²) in [7, 11) is 0. The second-order valence-corrected chi connectivity index (χ2v) is 7.96. The first-order chi connectivity index (χ1) is 12.5. The molecular formula is C20H26ClN3O2S. The second-order valence-electron chi connectivity index (χ2n) is 7.05. The Morgan fingerprint density at radius 3 is 2.56 bits per heavy atom. The summed E-state index contributed by atoms with van der Waals surface area (Å²) in [5, 5.41) is 5.31. The van der Waals surface area contributed by atoms with Gasteiger partial charge in [0.25, 0.3) is 11.8 Å². The number of carbonyl (C=O) groups is 2. The number of hydrogen-bond acceptors (Lipinski definition) is 4. The van der Waals surface area contributed by atoms with Crippen LogP contribution in [0.3, 0.4) is 0 Å². The molecule has 1 fully saturated rings. The topological polar surface area (TPSA) is 75.4 Å². The molecule has 3 rings (SSSR count). The van der Waals surface area contributed by atoms with Gasteiger partial charge in [0.05, 0.1) is 5.56 Å². The van der Waals surface area contributed by atoms with Crippen molar-refractivity contribution in [1.29, 1.82) is 0 Å². The first kappa shape index (κ1) is 21.4. The van der Waals surface area contributed by atoms with Gasteiger partial charge >= 0.3 is 0 Å². The number of thiophene rings is 1. The highest BCUT2D eigenvalue weighted by atomic mass is 35.5. The van der Waals surface area contributed by atoms with Crippen LogP contribution >= 0.6 is 23.7 Å². The highest BCUT2D eigenvalue weighted by Gasteiger charge is 2.25. The summed E-state index contributed by atoms with van der Waals surface area (Å²) in [6, 6.07) is 9.38. The minimum absolute atomic E-state index is 0. The fourth-order valence-corrected chi connectivity index (χ4v) is 3.91. The van der Waals surface area contributed by atoms with Crippen molar-refractivity contribution in [3.63, 3.8) is 0 Å². The van der Waals surface area contributed by atoms with Crippen molar-refractivity contribution in [3.8, 4) is 0 Å². The monoisotopic (exact) mass is 407 g/mol. The molecule has 146 valence electrons. The summed E-state index contributed by atoms with van der Waals surface area (Å²) in [4.78, 5) is 27.1. The van der Waals surface area contributed by atoms with Gasteiger partial charge in [-0.2, -0.15) is 0 Å². The third kappa shape index (κ3) is 5.09. The number of anilines is 1. The molecule has 0 saturated carbocycles. The lowest BCUT2D eigenvalue weighted by molar-refractivity contribution is 0.0710. The number of nitrogens with one attached hydrogen (secondary N) is 1. The van der Waals surface area contributed by atoms with E-state index in [1.54, 1.807) is 11.0 Å². The zero-order chi connectivity index (χ0) is 18.7. The Morgan fingerprint density at radius 1 is 1.22 bits per heavy atom. The number of piperidine rings is 1. The van der Waals surface area contributed by atoms with Crippen LogP contribution in [0.4, 0.5) is 5.00 Å². The van der Waals surface area contributed by atoms with E-state index in [0.717, 1.165) is 12.8 Å². The van der Waals surface area contributed by atoms with Crippen LogP contribution in [0.15, 0.2) is 35.7 Å². The van der Waals surface area contributed by atoms with Gasteiger partial charge in [0.15, 0.2) is 0 Å². The zero-order valence-corrected chi connectivity index (χ0v) is 17.2. The van der Waals surface area contributed by atoms with Crippen molar-refractivity contribution < 1.29 is 9.59 Å². The van der Waals surface area contributed by atoms with E-state index in [9.17, 15) is 9.59 Å². The van der Waals surface area contributed by atoms with Crippen molar-refractivity contribution in [1.82, 2.24) is 4.90 Å². The number of hydrogen-bond donors (Lipinski definition) is 2. The van der Waals surface area contributed by atoms with Crippen LogP contribution in [-0.4, -0.2) is 35.8 Å². The van der Waals surface area contributed by atoms with E-state index < -0.39 is 0 Å². The molecule has 1 aliphatic heterocycles. The standard InChI is InChI=1S/C20H25N3O2S.ClH/c1-13(2)14-5-7-15(8-6-14)18(24)22-19-17(9-11-26-19)20(25)23-10-3-4-16(21)12-23;/h5-9,11,13,16H,3-4,10,12,21H2,1-2H3,(H,22,24);1H. The van der Waals surface area contributed by atoms with Gasteiger partial charge in [-0.1, -0.05) is 26.0 Å². The van der Waals surface area contributed by atoms with E-state index in [2.05, 4.69) is 19.2 Å². The lowest BCUT2D eigenvalue weighted by Gasteiger charge is -2.30. The van der Waals surface area contributed by atoms with Gasteiger partial charge in [-0.05, 0) is 47.9 Å². The minimum atomic E-state index is -0.202. The fraction of sp³-hybridized carbons (Fsp3) is 0.400. The average Bonchev–Trinajstić information content (AvgIpc) is 3.09. The highest BCUT2D eigenvalue weighted by molar-refractivity contribution is 7.14. The van der Waals surface area contributed by atoms with Gasteiger partial charge < -0.3 is 16.0 Å². The van der Waals surface area contributed by atoms with Gasteiger partial charge in [-0.25, -0.2) is 0 Å². The van der Waals surface area contributed by atoms with Crippen molar-refractivity contribution in [2.75, 3.05) is 18.4 Å². The molecule has 5 nitrogen and oxygen atoms in total. The van der Waals surface area contributed by atoms with Crippen LogP contribution in [0.5, 0.6) is 0 Å². The van der Waals surface area contributed by atoms with Crippen LogP contribution in [0.1, 0.15) is 58.9 Å². The lowest BCUT2D eigenvalue weighted by atomic mass is 10.0. The summed E-state index contributed by atoms with van der Waals surface area (Å²) >= 11 is 1.36. The first-order valence-corrected chi connectivity index (χ1v) is 9.87. The Morgan fingerprint density at radius 2 is 1.93 bits per heavy atom. The smallest absolute Gasteiger partial charge is 0.256 e. The first-order valence-electron chi connectivity index (χ1n) is 8.99. The number of carbonyl (C=O) groups excluding carboxylic acids is 2. The van der Waals surface area contributed by atoms with E-state index in [0.29, 0.717) is 35.1 Å². The van der Waals surface area contributed by atoms with E-state index >= 15 is 0 Å². The SMILES string of the molecule is CC(C)c1ccc(C(=O)Nc2sccc2C(=O)N2CCCC(N)C2)cc1.Cl. The van der Waals surface area contributed by atoms with E-state index in [1.807, 2.05) is 29.6 Å². The molecule has 1 unspecified atom stereocenters. The normalized spacial score (nSPS) is 16.7. The van der Waals surface area contributed by atoms with Gasteiger partial charge in [-0.3, -0.25) is 9.59 Å². The van der Waals surface area contributed by atoms with E-state index in [-0.39, 0.29) is 30.3 Å². The van der Waals surface area contributed by atoms with Crippen LogP contribution < -0.4 is 11.1 Å². The molecule has 0 aliphatic carbocycles. The predicted octanol–water partition coefficient (Wildman–Crippen LogP) is 4.11. The minimum Gasteiger partial charge on any atom is -0.337 e. The summed E-state index contributed by atoms with van der Waals surface area (Å²) in [5.74, 6) is 0.156. The van der Waals surface area contributed by atoms with Crippen molar-refractivity contribution in [2.24, 2.45) is 5.73 Å². The third-order valence-electron chi connectivity index (χ3n) is 4.71. The van der Waals surface area contributed by atoms with Crippen LogP contribution in [0.25, 0.3) is 0 Å². The van der Waals surface area contributed by atoms with Crippen molar-refractivity contribution >= 4 is 40.6 Å².